The van der Waals surface area contributed by atoms with Gasteiger partial charge in [-0.3, -0.25) is 0 Å². The first-order chi connectivity index (χ1) is 11.8. The normalized spacial score (nSPS) is 21.0. The van der Waals surface area contributed by atoms with Crippen molar-refractivity contribution in [2.75, 3.05) is 13.2 Å². The van der Waals surface area contributed by atoms with Crippen LogP contribution in [-0.4, -0.2) is 13.2 Å². The van der Waals surface area contributed by atoms with E-state index in [1.807, 2.05) is 12.1 Å². The van der Waals surface area contributed by atoms with E-state index in [9.17, 15) is 0 Å². The third kappa shape index (κ3) is 6.49. The van der Waals surface area contributed by atoms with Crippen molar-refractivity contribution in [1.82, 2.24) is 0 Å². The molecule has 0 bridgehead atoms. The maximum Gasteiger partial charge on any atom is 0.0991 e. The molecule has 0 radical (unpaired) electrons. The van der Waals surface area contributed by atoms with Crippen LogP contribution in [0.5, 0.6) is 0 Å². The van der Waals surface area contributed by atoms with E-state index in [0.29, 0.717) is 5.92 Å². The van der Waals surface area contributed by atoms with Gasteiger partial charge in [0, 0.05) is 13.2 Å². The van der Waals surface area contributed by atoms with Gasteiger partial charge in [0.15, 0.2) is 0 Å². The Kier molecular flexibility index (Phi) is 8.63. The molecule has 2 heteroatoms. The molecule has 0 saturated heterocycles. The van der Waals surface area contributed by atoms with Crippen molar-refractivity contribution in [3.8, 4) is 6.07 Å². The largest absolute Gasteiger partial charge is 0.381 e. The fourth-order valence-corrected chi connectivity index (χ4v) is 3.55. The molecule has 24 heavy (non-hydrogen) atoms. The van der Waals surface area contributed by atoms with Gasteiger partial charge in [-0.1, -0.05) is 31.2 Å². The van der Waals surface area contributed by atoms with Gasteiger partial charge in [0.2, 0.25) is 0 Å². The standard InChI is InChI=1S/C22H31NO/c1-2-3-4-5-6-16-24-17-15-19-7-11-21(12-8-19)22-13-9-20(18-23)10-14-22/h3-4,9-10,13-14,19,21H,2,5-8,11-12,15-17H2,1H3/b4-3+. The van der Waals surface area contributed by atoms with Crippen molar-refractivity contribution in [1.29, 1.82) is 5.26 Å². The van der Waals surface area contributed by atoms with E-state index in [4.69, 9.17) is 10.00 Å². The molecule has 1 aromatic carbocycles. The summed E-state index contributed by atoms with van der Waals surface area (Å²) in [5.74, 6) is 1.51. The number of nitriles is 1. The van der Waals surface area contributed by atoms with Gasteiger partial charge in [-0.2, -0.15) is 5.26 Å². The third-order valence-corrected chi connectivity index (χ3v) is 5.09. The van der Waals surface area contributed by atoms with Crippen LogP contribution < -0.4 is 0 Å². The van der Waals surface area contributed by atoms with Crippen LogP contribution in [0, 0.1) is 17.2 Å². The first-order valence-corrected chi connectivity index (χ1v) is 9.56. The second-order valence-electron chi connectivity index (χ2n) is 6.87. The first kappa shape index (κ1) is 18.7. The summed E-state index contributed by atoms with van der Waals surface area (Å²) in [4.78, 5) is 0. The highest BCUT2D eigenvalue weighted by atomic mass is 16.5. The molecule has 1 fully saturated rings. The molecular weight excluding hydrogens is 294 g/mol. The lowest BCUT2D eigenvalue weighted by atomic mass is 9.77. The molecular formula is C22H31NO. The molecule has 1 aromatic rings. The molecule has 0 aliphatic heterocycles. The highest BCUT2D eigenvalue weighted by molar-refractivity contribution is 5.33. The van der Waals surface area contributed by atoms with E-state index in [1.54, 1.807) is 0 Å². The minimum Gasteiger partial charge on any atom is -0.381 e. The quantitative estimate of drug-likeness (QED) is 0.413. The van der Waals surface area contributed by atoms with Crippen molar-refractivity contribution >= 4 is 0 Å². The Labute approximate surface area is 147 Å². The Bertz CT molecular complexity index is 518. The molecule has 0 unspecified atom stereocenters. The van der Waals surface area contributed by atoms with Gasteiger partial charge in [-0.25, -0.2) is 0 Å². The molecule has 0 heterocycles. The molecule has 0 spiro atoms. The molecule has 0 atom stereocenters. The Balaban J connectivity index is 1.57. The van der Waals surface area contributed by atoms with Crippen molar-refractivity contribution < 1.29 is 4.74 Å². The summed E-state index contributed by atoms with van der Waals surface area (Å²) in [5, 5.41) is 8.88. The molecule has 0 N–H and O–H groups in total. The lowest BCUT2D eigenvalue weighted by molar-refractivity contribution is 0.111. The molecule has 2 nitrogen and oxygen atoms in total. The molecule has 0 aromatic heterocycles. The summed E-state index contributed by atoms with van der Waals surface area (Å²) in [6, 6.07) is 10.4. The predicted octanol–water partition coefficient (Wildman–Crippen LogP) is 5.99. The summed E-state index contributed by atoms with van der Waals surface area (Å²) in [6.45, 7) is 3.99. The third-order valence-electron chi connectivity index (χ3n) is 5.09. The van der Waals surface area contributed by atoms with Crippen LogP contribution in [0.4, 0.5) is 0 Å². The molecule has 1 aliphatic rings. The van der Waals surface area contributed by atoms with E-state index in [0.717, 1.165) is 44.0 Å². The highest BCUT2D eigenvalue weighted by Crippen LogP contribution is 2.37. The average molecular weight is 325 g/mol. The van der Waals surface area contributed by atoms with E-state index in [-0.39, 0.29) is 0 Å². The van der Waals surface area contributed by atoms with Crippen LogP contribution in [0.25, 0.3) is 0 Å². The number of ether oxygens (including phenoxy) is 1. The van der Waals surface area contributed by atoms with Gasteiger partial charge < -0.3 is 4.74 Å². The Morgan fingerprint density at radius 3 is 2.50 bits per heavy atom. The summed E-state index contributed by atoms with van der Waals surface area (Å²) in [7, 11) is 0. The number of nitrogens with zero attached hydrogens (tertiary/aromatic N) is 1. The zero-order chi connectivity index (χ0) is 17.0. The van der Waals surface area contributed by atoms with Crippen molar-refractivity contribution in [3.05, 3.63) is 47.5 Å². The summed E-state index contributed by atoms with van der Waals surface area (Å²) in [6.07, 6.45) is 14.3. The number of benzene rings is 1. The Morgan fingerprint density at radius 1 is 1.08 bits per heavy atom. The summed E-state index contributed by atoms with van der Waals surface area (Å²) < 4.78 is 5.79. The van der Waals surface area contributed by atoms with Gasteiger partial charge in [0.05, 0.1) is 11.6 Å². The fraction of sp³-hybridized carbons (Fsp3) is 0.591. The van der Waals surface area contributed by atoms with Crippen molar-refractivity contribution in [2.45, 2.75) is 64.2 Å². The number of unbranched alkanes of at least 4 members (excludes halogenated alkanes) is 1. The number of hydrogen-bond acceptors (Lipinski definition) is 2. The lowest BCUT2D eigenvalue weighted by Gasteiger charge is -2.28. The second kappa shape index (κ2) is 11.0. The number of allylic oxidation sites excluding steroid dienone is 2. The summed E-state index contributed by atoms with van der Waals surface area (Å²) in [5.41, 5.74) is 2.17. The zero-order valence-corrected chi connectivity index (χ0v) is 15.0. The van der Waals surface area contributed by atoms with Gasteiger partial charge in [-0.15, -0.1) is 0 Å². The van der Waals surface area contributed by atoms with E-state index >= 15 is 0 Å². The molecule has 1 saturated carbocycles. The predicted molar refractivity (Wildman–Crippen MR) is 100.0 cm³/mol. The van der Waals surface area contributed by atoms with Crippen LogP contribution in [0.1, 0.15) is 75.3 Å². The monoisotopic (exact) mass is 325 g/mol. The number of rotatable bonds is 9. The highest BCUT2D eigenvalue weighted by Gasteiger charge is 2.22. The van der Waals surface area contributed by atoms with Crippen molar-refractivity contribution in [3.63, 3.8) is 0 Å². The van der Waals surface area contributed by atoms with Crippen LogP contribution in [-0.2, 0) is 4.74 Å². The van der Waals surface area contributed by atoms with Crippen LogP contribution in [0.15, 0.2) is 36.4 Å². The van der Waals surface area contributed by atoms with Gasteiger partial charge in [0.1, 0.15) is 0 Å². The number of hydrogen-bond donors (Lipinski definition) is 0. The lowest BCUT2D eigenvalue weighted by Crippen LogP contribution is -2.15. The van der Waals surface area contributed by atoms with Crippen LogP contribution in [0.3, 0.4) is 0 Å². The van der Waals surface area contributed by atoms with E-state index < -0.39 is 0 Å². The average Bonchev–Trinajstić information content (AvgIpc) is 2.64. The Hall–Kier alpha value is -1.59. The topological polar surface area (TPSA) is 33.0 Å². The molecule has 130 valence electrons. The van der Waals surface area contributed by atoms with Crippen LogP contribution >= 0.6 is 0 Å². The SMILES string of the molecule is CC/C=C/CCCOCCC1CCC(c2ccc(C#N)cc2)CC1. The smallest absolute Gasteiger partial charge is 0.0991 e. The van der Waals surface area contributed by atoms with Gasteiger partial charge >= 0.3 is 0 Å². The zero-order valence-electron chi connectivity index (χ0n) is 15.0. The maximum atomic E-state index is 8.88. The van der Waals surface area contributed by atoms with Crippen LogP contribution in [0.2, 0.25) is 0 Å². The minimum atomic E-state index is 0.681. The van der Waals surface area contributed by atoms with Gasteiger partial charge in [0.25, 0.3) is 0 Å². The second-order valence-corrected chi connectivity index (χ2v) is 6.87. The summed E-state index contributed by atoms with van der Waals surface area (Å²) >= 11 is 0. The maximum absolute atomic E-state index is 8.88. The fourth-order valence-electron chi connectivity index (χ4n) is 3.55. The molecule has 2 rings (SSSR count). The van der Waals surface area contributed by atoms with E-state index in [1.165, 1.54) is 37.7 Å². The van der Waals surface area contributed by atoms with E-state index in [2.05, 4.69) is 37.3 Å². The molecule has 0 amide bonds. The van der Waals surface area contributed by atoms with Gasteiger partial charge in [-0.05, 0) is 80.9 Å². The minimum absolute atomic E-state index is 0.681. The Morgan fingerprint density at radius 2 is 1.83 bits per heavy atom. The first-order valence-electron chi connectivity index (χ1n) is 9.56. The molecule has 1 aliphatic carbocycles. The van der Waals surface area contributed by atoms with Crippen molar-refractivity contribution in [2.24, 2.45) is 5.92 Å².